The number of pyridine rings is 3. The topological polar surface area (TPSA) is 97.2 Å². The zero-order valence-corrected chi connectivity index (χ0v) is 17.2. The van der Waals surface area contributed by atoms with E-state index in [0.29, 0.717) is 24.5 Å². The Hall–Kier alpha value is -3.34. The molecule has 2 aliphatic rings. The van der Waals surface area contributed by atoms with Crippen LogP contribution in [0.5, 0.6) is 0 Å². The molecule has 3 aromatic rings. The van der Waals surface area contributed by atoms with Crippen LogP contribution in [0.15, 0.2) is 36.8 Å². The summed E-state index contributed by atoms with van der Waals surface area (Å²) in [5, 5.41) is 15.3. The third-order valence-corrected chi connectivity index (χ3v) is 5.80. The number of hydrogen-bond donors (Lipinski definition) is 2. The number of hydrogen-bond acceptors (Lipinski definition) is 6. The van der Waals surface area contributed by atoms with Gasteiger partial charge in [0.1, 0.15) is 17.1 Å². The Morgan fingerprint density at radius 1 is 1.16 bits per heavy atom. The molecule has 4 heterocycles. The van der Waals surface area contributed by atoms with Gasteiger partial charge in [0.2, 0.25) is 5.91 Å². The zero-order valence-electron chi connectivity index (χ0n) is 17.2. The third-order valence-electron chi connectivity index (χ3n) is 5.80. The second kappa shape index (κ2) is 7.73. The monoisotopic (exact) mass is 414 g/mol. The second-order valence-electron chi connectivity index (χ2n) is 8.15. The van der Waals surface area contributed by atoms with Gasteiger partial charge in [-0.2, -0.15) is 0 Å². The maximum Gasteiger partial charge on any atom is 0.228 e. The number of aromatic nitrogens is 3. The number of nitrogens with one attached hydrogen (secondary N) is 1. The molecule has 0 spiro atoms. The van der Waals surface area contributed by atoms with Crippen LogP contribution < -0.4 is 5.32 Å². The molecule has 5 rings (SSSR count). The molecule has 1 atom stereocenters. The highest BCUT2D eigenvalue weighted by Crippen LogP contribution is 2.31. The van der Waals surface area contributed by atoms with Crippen molar-refractivity contribution in [2.45, 2.75) is 31.8 Å². The van der Waals surface area contributed by atoms with E-state index >= 15 is 0 Å². The van der Waals surface area contributed by atoms with Crippen LogP contribution in [0.4, 0.5) is 5.82 Å². The van der Waals surface area contributed by atoms with Gasteiger partial charge in [-0.15, -0.1) is 0 Å². The van der Waals surface area contributed by atoms with Crippen molar-refractivity contribution >= 4 is 22.5 Å². The Balaban J connectivity index is 1.44. The highest BCUT2D eigenvalue weighted by Gasteiger charge is 2.34. The summed E-state index contributed by atoms with van der Waals surface area (Å²) < 4.78 is 5.31. The molecule has 1 saturated carbocycles. The first kappa shape index (κ1) is 19.6. The molecule has 3 aromatic heterocycles. The quantitative estimate of drug-likeness (QED) is 0.640. The van der Waals surface area contributed by atoms with Gasteiger partial charge in [-0.1, -0.05) is 12.0 Å². The van der Waals surface area contributed by atoms with Crippen molar-refractivity contribution in [3.63, 3.8) is 0 Å². The van der Waals surface area contributed by atoms with Crippen molar-refractivity contribution in [3.05, 3.63) is 59.3 Å². The van der Waals surface area contributed by atoms with Gasteiger partial charge in [0, 0.05) is 59.6 Å². The largest absolute Gasteiger partial charge is 0.383 e. The van der Waals surface area contributed by atoms with Crippen LogP contribution >= 0.6 is 0 Å². The second-order valence-corrected chi connectivity index (χ2v) is 8.15. The Kier molecular flexibility index (Phi) is 4.89. The molecule has 1 aliphatic heterocycles. The van der Waals surface area contributed by atoms with Crippen LogP contribution in [0.25, 0.3) is 10.8 Å². The summed E-state index contributed by atoms with van der Waals surface area (Å²) >= 11 is 0. The minimum Gasteiger partial charge on any atom is -0.383 e. The van der Waals surface area contributed by atoms with E-state index in [9.17, 15) is 9.90 Å². The number of amides is 1. The van der Waals surface area contributed by atoms with Gasteiger partial charge in [-0.3, -0.25) is 9.78 Å². The highest BCUT2D eigenvalue weighted by atomic mass is 16.5. The standard InChI is InChI=1S/C24H22N4O3/c1-15-21-13-27-22(28-23(29)16-2-3-16)10-20(21)17(11-25-15)4-6-19-7-5-18(12-26-19)24(30)8-9-31-14-24/h5,7,10-13,16,30H,2-3,8-9,14H2,1H3,(H,27,28,29)/t24-/m0/s1. The van der Waals surface area contributed by atoms with Gasteiger partial charge in [0.15, 0.2) is 0 Å². The fourth-order valence-corrected chi connectivity index (χ4v) is 3.67. The van der Waals surface area contributed by atoms with E-state index in [-0.39, 0.29) is 18.4 Å². The average molecular weight is 414 g/mol. The van der Waals surface area contributed by atoms with Crippen molar-refractivity contribution in [2.24, 2.45) is 5.92 Å². The number of aliphatic hydroxyl groups is 1. The average Bonchev–Trinajstić information content (AvgIpc) is 3.54. The van der Waals surface area contributed by atoms with E-state index in [2.05, 4.69) is 32.1 Å². The Morgan fingerprint density at radius 2 is 2.03 bits per heavy atom. The predicted octanol–water partition coefficient (Wildman–Crippen LogP) is 2.69. The van der Waals surface area contributed by atoms with Crippen molar-refractivity contribution in [3.8, 4) is 11.8 Å². The third kappa shape index (κ3) is 4.00. The van der Waals surface area contributed by atoms with Gasteiger partial charge >= 0.3 is 0 Å². The predicted molar refractivity (Wildman–Crippen MR) is 115 cm³/mol. The lowest BCUT2D eigenvalue weighted by Crippen LogP contribution is -2.25. The SMILES string of the molecule is Cc1ncc(C#Cc2ccc([C@]3(O)CCOC3)cn2)c2cc(NC(=O)C3CC3)ncc12. The normalized spacial score (nSPS) is 20.3. The van der Waals surface area contributed by atoms with E-state index in [4.69, 9.17) is 4.74 Å². The molecule has 31 heavy (non-hydrogen) atoms. The lowest BCUT2D eigenvalue weighted by Gasteiger charge is -2.20. The molecule has 1 aliphatic carbocycles. The van der Waals surface area contributed by atoms with Gasteiger partial charge in [0.25, 0.3) is 0 Å². The molecule has 0 aromatic carbocycles. The van der Waals surface area contributed by atoms with Gasteiger partial charge in [-0.05, 0) is 37.8 Å². The summed E-state index contributed by atoms with van der Waals surface area (Å²) in [7, 11) is 0. The molecule has 0 radical (unpaired) electrons. The summed E-state index contributed by atoms with van der Waals surface area (Å²) in [6, 6.07) is 5.48. The molecule has 7 nitrogen and oxygen atoms in total. The number of anilines is 1. The Morgan fingerprint density at radius 3 is 2.74 bits per heavy atom. The summed E-state index contributed by atoms with van der Waals surface area (Å²) in [4.78, 5) is 25.3. The minimum absolute atomic E-state index is 0.0175. The van der Waals surface area contributed by atoms with Crippen LogP contribution in [0, 0.1) is 24.7 Å². The van der Waals surface area contributed by atoms with E-state index in [0.717, 1.165) is 40.4 Å². The van der Waals surface area contributed by atoms with E-state index in [1.165, 1.54) is 0 Å². The van der Waals surface area contributed by atoms with Gasteiger partial charge in [-0.25, -0.2) is 9.97 Å². The number of rotatable bonds is 3. The fraction of sp³-hybridized carbons (Fsp3) is 0.333. The molecule has 0 bridgehead atoms. The van der Waals surface area contributed by atoms with Crippen LogP contribution in [0.2, 0.25) is 0 Å². The van der Waals surface area contributed by atoms with E-state index in [1.54, 1.807) is 24.7 Å². The molecule has 2 fully saturated rings. The minimum atomic E-state index is -0.968. The zero-order chi connectivity index (χ0) is 21.4. The summed E-state index contributed by atoms with van der Waals surface area (Å²) in [5.41, 5.74) is 1.95. The van der Waals surface area contributed by atoms with Crippen LogP contribution in [-0.2, 0) is 15.1 Å². The summed E-state index contributed by atoms with van der Waals surface area (Å²) in [5.74, 6) is 6.86. The molecule has 1 saturated heterocycles. The fourth-order valence-electron chi connectivity index (χ4n) is 3.67. The molecule has 2 N–H and O–H groups in total. The highest BCUT2D eigenvalue weighted by molar-refractivity contribution is 5.96. The lowest BCUT2D eigenvalue weighted by atomic mass is 9.95. The number of carbonyl (C=O) groups excluding carboxylic acids is 1. The van der Waals surface area contributed by atoms with Crippen LogP contribution in [0.1, 0.15) is 41.8 Å². The maximum absolute atomic E-state index is 12.1. The molecule has 7 heteroatoms. The van der Waals surface area contributed by atoms with Crippen molar-refractivity contribution in [2.75, 3.05) is 18.5 Å². The molecule has 0 unspecified atom stereocenters. The summed E-state index contributed by atoms with van der Waals surface area (Å²) in [6.07, 6.45) is 7.55. The van der Waals surface area contributed by atoms with Crippen LogP contribution in [0.3, 0.4) is 0 Å². The first-order valence-electron chi connectivity index (χ1n) is 10.4. The molecule has 1 amide bonds. The van der Waals surface area contributed by atoms with Crippen molar-refractivity contribution in [1.82, 2.24) is 15.0 Å². The van der Waals surface area contributed by atoms with Crippen molar-refractivity contribution in [1.29, 1.82) is 0 Å². The number of fused-ring (bicyclic) bond motifs is 1. The molecular weight excluding hydrogens is 392 g/mol. The maximum atomic E-state index is 12.1. The Labute approximate surface area is 179 Å². The number of carbonyl (C=O) groups is 1. The molecular formula is C24H22N4O3. The van der Waals surface area contributed by atoms with Gasteiger partial charge < -0.3 is 15.2 Å². The van der Waals surface area contributed by atoms with E-state index < -0.39 is 5.60 Å². The van der Waals surface area contributed by atoms with E-state index in [1.807, 2.05) is 19.1 Å². The smallest absolute Gasteiger partial charge is 0.228 e. The number of nitrogens with zero attached hydrogens (tertiary/aromatic N) is 3. The number of ether oxygens (including phenoxy) is 1. The van der Waals surface area contributed by atoms with Gasteiger partial charge in [0.05, 0.1) is 12.2 Å². The van der Waals surface area contributed by atoms with Crippen molar-refractivity contribution < 1.29 is 14.6 Å². The molecule has 156 valence electrons. The Bertz CT molecular complexity index is 1220. The summed E-state index contributed by atoms with van der Waals surface area (Å²) in [6.45, 7) is 2.75. The first-order valence-corrected chi connectivity index (χ1v) is 10.4. The number of aryl methyl sites for hydroxylation is 1. The lowest BCUT2D eigenvalue weighted by molar-refractivity contribution is -0.117. The first-order chi connectivity index (χ1) is 15.0. The van der Waals surface area contributed by atoms with Crippen LogP contribution in [-0.4, -0.2) is 39.2 Å².